The third-order valence-electron chi connectivity index (χ3n) is 2.42. The summed E-state index contributed by atoms with van der Waals surface area (Å²) in [5.74, 6) is -1.36. The number of rotatable bonds is 8. The van der Waals surface area contributed by atoms with Crippen LogP contribution in [0.3, 0.4) is 0 Å². The Bertz CT molecular complexity index is 375. The maximum atomic E-state index is 11.8. The van der Waals surface area contributed by atoms with Crippen molar-refractivity contribution in [2.24, 2.45) is 5.92 Å². The Morgan fingerprint density at radius 1 is 1.39 bits per heavy atom. The minimum Gasteiger partial charge on any atom is -0.480 e. The first kappa shape index (κ1) is 17.3. The van der Waals surface area contributed by atoms with Crippen molar-refractivity contribution < 1.29 is 23.1 Å². The Morgan fingerprint density at radius 3 is 2.22 bits per heavy atom. The predicted octanol–water partition coefficient (Wildman–Crippen LogP) is 0.830. The van der Waals surface area contributed by atoms with E-state index in [1.807, 2.05) is 13.8 Å². The van der Waals surface area contributed by atoms with Crippen molar-refractivity contribution in [2.75, 3.05) is 12.9 Å². The molecule has 1 atom stereocenters. The summed E-state index contributed by atoms with van der Waals surface area (Å²) >= 11 is 0. The monoisotopic (exact) mass is 281 g/mol. The summed E-state index contributed by atoms with van der Waals surface area (Å²) in [6, 6.07) is -1.09. The highest BCUT2D eigenvalue weighted by atomic mass is 32.2. The molecule has 6 nitrogen and oxygen atoms in total. The number of sulfonamides is 1. The molecule has 0 aliphatic heterocycles. The number of hydrogen-bond donors (Lipinski definition) is 2. The van der Waals surface area contributed by atoms with E-state index in [4.69, 9.17) is 9.84 Å². The molecule has 0 saturated heterocycles. The maximum absolute atomic E-state index is 11.8. The van der Waals surface area contributed by atoms with Gasteiger partial charge in [0.25, 0.3) is 0 Å². The first-order valence-electron chi connectivity index (χ1n) is 5.77. The molecule has 0 saturated carbocycles. The predicted molar refractivity (Wildman–Crippen MR) is 68.9 cm³/mol. The smallest absolute Gasteiger partial charge is 0.321 e. The standard InChI is InChI=1S/C11H23NO5S/c1-8(2)6-9(10(13)14)12-18(15,16)7-11(3,4)17-5/h8-9,12H,6-7H2,1-5H3,(H,13,14). The molecule has 108 valence electrons. The van der Waals surface area contributed by atoms with Crippen LogP contribution in [0.15, 0.2) is 0 Å². The number of ether oxygens (including phenoxy) is 1. The fourth-order valence-corrected chi connectivity index (χ4v) is 3.19. The zero-order chi connectivity index (χ0) is 14.6. The fourth-order valence-electron chi connectivity index (χ4n) is 1.45. The summed E-state index contributed by atoms with van der Waals surface area (Å²) in [7, 11) is -2.28. The Morgan fingerprint density at radius 2 is 1.89 bits per heavy atom. The van der Waals surface area contributed by atoms with E-state index in [1.165, 1.54) is 7.11 Å². The van der Waals surface area contributed by atoms with Crippen LogP contribution in [0.2, 0.25) is 0 Å². The van der Waals surface area contributed by atoms with E-state index in [9.17, 15) is 13.2 Å². The van der Waals surface area contributed by atoms with Gasteiger partial charge in [0, 0.05) is 7.11 Å². The largest absolute Gasteiger partial charge is 0.480 e. The third kappa shape index (κ3) is 6.93. The second kappa shape index (κ2) is 6.49. The van der Waals surface area contributed by atoms with Crippen molar-refractivity contribution in [1.29, 1.82) is 0 Å². The molecule has 0 heterocycles. The van der Waals surface area contributed by atoms with E-state index in [0.29, 0.717) is 0 Å². The van der Waals surface area contributed by atoms with Crippen LogP contribution >= 0.6 is 0 Å². The highest BCUT2D eigenvalue weighted by Gasteiger charge is 2.30. The zero-order valence-electron chi connectivity index (χ0n) is 11.6. The average molecular weight is 281 g/mol. The Hall–Kier alpha value is -0.660. The van der Waals surface area contributed by atoms with E-state index in [2.05, 4.69) is 4.72 Å². The number of aliphatic carboxylic acids is 1. The minimum absolute atomic E-state index is 0.0873. The number of hydrogen-bond acceptors (Lipinski definition) is 4. The molecule has 0 rings (SSSR count). The number of carboxylic acid groups (broad SMARTS) is 1. The van der Waals surface area contributed by atoms with Crippen LogP contribution in [0.5, 0.6) is 0 Å². The molecule has 0 aromatic carbocycles. The Balaban J connectivity index is 4.77. The lowest BCUT2D eigenvalue weighted by atomic mass is 10.1. The number of carboxylic acids is 1. The van der Waals surface area contributed by atoms with Gasteiger partial charge in [0.1, 0.15) is 6.04 Å². The van der Waals surface area contributed by atoms with Gasteiger partial charge in [-0.2, -0.15) is 0 Å². The molecular formula is C11H23NO5S. The van der Waals surface area contributed by atoms with Crippen molar-refractivity contribution in [1.82, 2.24) is 4.72 Å². The summed E-state index contributed by atoms with van der Waals surface area (Å²) in [4.78, 5) is 11.0. The molecule has 7 heteroatoms. The van der Waals surface area contributed by atoms with Gasteiger partial charge in [-0.15, -0.1) is 0 Å². The van der Waals surface area contributed by atoms with E-state index in [0.717, 1.165) is 0 Å². The Labute approximate surface area is 109 Å². The molecule has 2 N–H and O–H groups in total. The molecule has 0 aliphatic carbocycles. The summed E-state index contributed by atoms with van der Waals surface area (Å²) in [5, 5.41) is 8.98. The molecule has 0 bridgehead atoms. The lowest BCUT2D eigenvalue weighted by molar-refractivity contribution is -0.139. The van der Waals surface area contributed by atoms with Crippen LogP contribution in [0.25, 0.3) is 0 Å². The molecule has 0 aliphatic rings. The van der Waals surface area contributed by atoms with Crippen LogP contribution in [0, 0.1) is 5.92 Å². The average Bonchev–Trinajstić information content (AvgIpc) is 2.13. The second-order valence-corrected chi connectivity index (χ2v) is 7.11. The van der Waals surface area contributed by atoms with Crippen molar-refractivity contribution in [2.45, 2.75) is 45.8 Å². The van der Waals surface area contributed by atoms with Gasteiger partial charge in [-0.1, -0.05) is 13.8 Å². The number of carbonyl (C=O) groups is 1. The molecule has 0 aromatic rings. The SMILES string of the molecule is COC(C)(C)CS(=O)(=O)NC(CC(C)C)C(=O)O. The van der Waals surface area contributed by atoms with Crippen LogP contribution < -0.4 is 4.72 Å². The highest BCUT2D eigenvalue weighted by Crippen LogP contribution is 2.12. The molecule has 18 heavy (non-hydrogen) atoms. The number of nitrogens with one attached hydrogen (secondary N) is 1. The maximum Gasteiger partial charge on any atom is 0.321 e. The molecule has 0 amide bonds. The normalized spacial score (nSPS) is 14.8. The van der Waals surface area contributed by atoms with Crippen LogP contribution in [0.4, 0.5) is 0 Å². The zero-order valence-corrected chi connectivity index (χ0v) is 12.4. The van der Waals surface area contributed by atoms with Crippen LogP contribution in [-0.2, 0) is 19.6 Å². The quantitative estimate of drug-likeness (QED) is 0.687. The van der Waals surface area contributed by atoms with Crippen LogP contribution in [0.1, 0.15) is 34.1 Å². The van der Waals surface area contributed by atoms with Gasteiger partial charge < -0.3 is 9.84 Å². The number of methoxy groups -OCH3 is 1. The lowest BCUT2D eigenvalue weighted by Crippen LogP contribution is -2.46. The molecular weight excluding hydrogens is 258 g/mol. The van der Waals surface area contributed by atoms with Gasteiger partial charge in [0.05, 0.1) is 11.4 Å². The summed E-state index contributed by atoms with van der Waals surface area (Å²) < 4.78 is 30.9. The van der Waals surface area contributed by atoms with Gasteiger partial charge in [-0.05, 0) is 26.2 Å². The topological polar surface area (TPSA) is 92.7 Å². The van der Waals surface area contributed by atoms with E-state index >= 15 is 0 Å². The van der Waals surface area contributed by atoms with Gasteiger partial charge in [0.15, 0.2) is 0 Å². The van der Waals surface area contributed by atoms with E-state index < -0.39 is 27.6 Å². The molecule has 1 unspecified atom stereocenters. The van der Waals surface area contributed by atoms with Gasteiger partial charge in [-0.25, -0.2) is 13.1 Å². The summed E-state index contributed by atoms with van der Waals surface area (Å²) in [5.41, 5.74) is -0.854. The second-order valence-electron chi connectivity index (χ2n) is 5.36. The lowest BCUT2D eigenvalue weighted by Gasteiger charge is -2.24. The van der Waals surface area contributed by atoms with E-state index in [-0.39, 0.29) is 18.1 Å². The summed E-state index contributed by atoms with van der Waals surface area (Å²) in [6.45, 7) is 6.93. The van der Waals surface area contributed by atoms with Crippen molar-refractivity contribution >= 4 is 16.0 Å². The highest BCUT2D eigenvalue weighted by molar-refractivity contribution is 7.89. The molecule has 0 spiro atoms. The summed E-state index contributed by atoms with van der Waals surface area (Å²) in [6.07, 6.45) is 0.252. The van der Waals surface area contributed by atoms with Crippen molar-refractivity contribution in [3.63, 3.8) is 0 Å². The Kier molecular flexibility index (Phi) is 6.25. The van der Waals surface area contributed by atoms with E-state index in [1.54, 1.807) is 13.8 Å². The minimum atomic E-state index is -3.70. The molecule has 0 radical (unpaired) electrons. The third-order valence-corrected chi connectivity index (χ3v) is 4.14. The van der Waals surface area contributed by atoms with Gasteiger partial charge in [-0.3, -0.25) is 4.79 Å². The molecule has 0 fully saturated rings. The van der Waals surface area contributed by atoms with Crippen molar-refractivity contribution in [3.05, 3.63) is 0 Å². The fraction of sp³-hybridized carbons (Fsp3) is 0.909. The molecule has 0 aromatic heterocycles. The van der Waals surface area contributed by atoms with Crippen LogP contribution in [-0.4, -0.2) is 44.0 Å². The van der Waals surface area contributed by atoms with Gasteiger partial charge in [0.2, 0.25) is 10.0 Å². The van der Waals surface area contributed by atoms with Crippen molar-refractivity contribution in [3.8, 4) is 0 Å². The first-order valence-corrected chi connectivity index (χ1v) is 7.42. The van der Waals surface area contributed by atoms with Gasteiger partial charge >= 0.3 is 5.97 Å². The first-order chi connectivity index (χ1) is 7.99.